The minimum Gasteiger partial charge on any atom is -0.347 e. The van der Waals surface area contributed by atoms with Crippen LogP contribution in [0.1, 0.15) is 36.7 Å². The zero-order valence-electron chi connectivity index (χ0n) is 7.13. The normalized spacial score (nSPS) is 17.4. The first kappa shape index (κ1) is 7.92. The van der Waals surface area contributed by atoms with E-state index in [0.717, 1.165) is 11.5 Å². The van der Waals surface area contributed by atoms with Crippen LogP contribution in [0.25, 0.3) is 0 Å². The number of aryl methyl sites for hydroxylation is 1. The van der Waals surface area contributed by atoms with E-state index >= 15 is 0 Å². The lowest BCUT2D eigenvalue weighted by molar-refractivity contribution is 0.400. The summed E-state index contributed by atoms with van der Waals surface area (Å²) in [5, 5.41) is 0. The topological polar surface area (TPSA) is 28.7 Å². The molecule has 1 aliphatic rings. The lowest BCUT2D eigenvalue weighted by Crippen LogP contribution is -2.13. The molecule has 0 amide bonds. The molecule has 0 atom stereocenters. The van der Waals surface area contributed by atoms with Gasteiger partial charge in [0, 0.05) is 11.6 Å². The lowest BCUT2D eigenvalue weighted by atomic mass is 9.85. The Balaban J connectivity index is 2.36. The second-order valence-electron chi connectivity index (χ2n) is 3.42. The van der Waals surface area contributed by atoms with E-state index < -0.39 is 0 Å². The molecule has 1 saturated carbocycles. The van der Waals surface area contributed by atoms with E-state index in [4.69, 9.17) is 12.2 Å². The number of hydrogen-bond donors (Lipinski definition) is 1. The molecule has 1 N–H and O–H groups in total. The Kier molecular flexibility index (Phi) is 1.97. The Morgan fingerprint density at radius 2 is 2.33 bits per heavy atom. The number of nitrogens with one attached hydrogen (secondary N) is 1. The predicted octanol–water partition coefficient (Wildman–Crippen LogP) is 2.72. The number of rotatable bonds is 1. The summed E-state index contributed by atoms with van der Waals surface area (Å²) >= 11 is 5.05. The Morgan fingerprint density at radius 3 is 2.83 bits per heavy atom. The van der Waals surface area contributed by atoms with Gasteiger partial charge < -0.3 is 4.98 Å². The summed E-state index contributed by atoms with van der Waals surface area (Å²) in [6.45, 7) is 2.03. The summed E-state index contributed by atoms with van der Waals surface area (Å²) in [6.07, 6.45) is 3.87. The molecule has 1 aromatic rings. The Labute approximate surface area is 77.0 Å². The minimum absolute atomic E-state index is 0.645. The molecule has 0 radical (unpaired) electrons. The van der Waals surface area contributed by atoms with Crippen molar-refractivity contribution in [1.29, 1.82) is 0 Å². The Morgan fingerprint density at radius 1 is 1.58 bits per heavy atom. The number of aromatic nitrogens is 2. The second kappa shape index (κ2) is 2.98. The van der Waals surface area contributed by atoms with Crippen LogP contribution in [0.4, 0.5) is 0 Å². The summed E-state index contributed by atoms with van der Waals surface area (Å²) in [5.41, 5.74) is 1.12. The van der Waals surface area contributed by atoms with Crippen LogP contribution < -0.4 is 0 Å². The SMILES string of the molecule is Cc1cc(=S)nc(C2CCC2)[nH]1. The minimum atomic E-state index is 0.645. The molecule has 1 fully saturated rings. The molecule has 12 heavy (non-hydrogen) atoms. The molecule has 3 heteroatoms. The highest BCUT2D eigenvalue weighted by Crippen LogP contribution is 2.34. The summed E-state index contributed by atoms with van der Waals surface area (Å²) < 4.78 is 0.716. The molecule has 1 heterocycles. The molecule has 0 saturated heterocycles. The van der Waals surface area contributed by atoms with Crippen molar-refractivity contribution in [1.82, 2.24) is 9.97 Å². The van der Waals surface area contributed by atoms with Gasteiger partial charge in [0.15, 0.2) is 0 Å². The van der Waals surface area contributed by atoms with Gasteiger partial charge in [-0.25, -0.2) is 4.98 Å². The van der Waals surface area contributed by atoms with Gasteiger partial charge >= 0.3 is 0 Å². The van der Waals surface area contributed by atoms with Gasteiger partial charge in [0.05, 0.1) is 0 Å². The second-order valence-corrected chi connectivity index (χ2v) is 3.83. The molecule has 1 aliphatic carbocycles. The van der Waals surface area contributed by atoms with Crippen molar-refractivity contribution in [3.63, 3.8) is 0 Å². The van der Waals surface area contributed by atoms with Crippen LogP contribution >= 0.6 is 12.2 Å². The van der Waals surface area contributed by atoms with E-state index in [-0.39, 0.29) is 0 Å². The quantitative estimate of drug-likeness (QED) is 0.673. The molecule has 2 rings (SSSR count). The molecule has 0 spiro atoms. The summed E-state index contributed by atoms with van der Waals surface area (Å²) in [4.78, 5) is 7.59. The molecule has 1 aromatic heterocycles. The zero-order chi connectivity index (χ0) is 8.55. The third-order valence-electron chi connectivity index (χ3n) is 2.39. The Bertz CT molecular complexity index is 339. The molecular formula is C9H12N2S. The van der Waals surface area contributed by atoms with E-state index in [9.17, 15) is 0 Å². The van der Waals surface area contributed by atoms with Gasteiger partial charge in [-0.15, -0.1) is 0 Å². The summed E-state index contributed by atoms with van der Waals surface area (Å²) in [5.74, 6) is 1.73. The van der Waals surface area contributed by atoms with Crippen molar-refractivity contribution in [2.45, 2.75) is 32.1 Å². The van der Waals surface area contributed by atoms with Crippen LogP contribution in [-0.2, 0) is 0 Å². The smallest absolute Gasteiger partial charge is 0.129 e. The van der Waals surface area contributed by atoms with E-state index in [2.05, 4.69) is 9.97 Å². The van der Waals surface area contributed by atoms with Crippen molar-refractivity contribution in [3.8, 4) is 0 Å². The first-order valence-corrected chi connectivity index (χ1v) is 4.74. The maximum Gasteiger partial charge on any atom is 0.129 e. The number of nitrogens with zero attached hydrogens (tertiary/aromatic N) is 1. The fourth-order valence-electron chi connectivity index (χ4n) is 1.48. The van der Waals surface area contributed by atoms with Gasteiger partial charge in [0.2, 0.25) is 0 Å². The van der Waals surface area contributed by atoms with Crippen molar-refractivity contribution in [2.75, 3.05) is 0 Å². The Hall–Kier alpha value is -0.700. The largest absolute Gasteiger partial charge is 0.347 e. The van der Waals surface area contributed by atoms with Crippen LogP contribution in [0.2, 0.25) is 0 Å². The van der Waals surface area contributed by atoms with Gasteiger partial charge in [-0.05, 0) is 25.8 Å². The highest BCUT2D eigenvalue weighted by Gasteiger charge is 2.21. The first-order valence-electron chi connectivity index (χ1n) is 4.33. The van der Waals surface area contributed by atoms with Crippen LogP contribution in [0.3, 0.4) is 0 Å². The van der Waals surface area contributed by atoms with Gasteiger partial charge in [0.25, 0.3) is 0 Å². The first-order chi connectivity index (χ1) is 5.75. The summed E-state index contributed by atoms with van der Waals surface area (Å²) in [6, 6.07) is 1.90. The molecule has 0 aromatic carbocycles. The molecule has 0 aliphatic heterocycles. The molecular weight excluding hydrogens is 168 g/mol. The van der Waals surface area contributed by atoms with Crippen LogP contribution in [0.5, 0.6) is 0 Å². The number of hydrogen-bond acceptors (Lipinski definition) is 2. The van der Waals surface area contributed by atoms with Crippen molar-refractivity contribution >= 4 is 12.2 Å². The van der Waals surface area contributed by atoms with Crippen LogP contribution in [-0.4, -0.2) is 9.97 Å². The maximum atomic E-state index is 5.05. The number of aromatic amines is 1. The van der Waals surface area contributed by atoms with E-state index in [0.29, 0.717) is 10.6 Å². The highest BCUT2D eigenvalue weighted by molar-refractivity contribution is 7.71. The average molecular weight is 180 g/mol. The third kappa shape index (κ3) is 1.41. The fourth-order valence-corrected chi connectivity index (χ4v) is 1.75. The van der Waals surface area contributed by atoms with E-state index in [1.54, 1.807) is 0 Å². The highest BCUT2D eigenvalue weighted by atomic mass is 32.1. The van der Waals surface area contributed by atoms with Gasteiger partial charge in [-0.2, -0.15) is 0 Å². The van der Waals surface area contributed by atoms with Gasteiger partial charge in [0.1, 0.15) is 10.5 Å². The average Bonchev–Trinajstić information content (AvgIpc) is 1.79. The third-order valence-corrected chi connectivity index (χ3v) is 2.60. The van der Waals surface area contributed by atoms with Gasteiger partial charge in [-0.3, -0.25) is 0 Å². The molecule has 2 nitrogen and oxygen atoms in total. The molecule has 64 valence electrons. The van der Waals surface area contributed by atoms with Gasteiger partial charge in [-0.1, -0.05) is 18.6 Å². The maximum absolute atomic E-state index is 5.05. The molecule has 0 unspecified atom stereocenters. The lowest BCUT2D eigenvalue weighted by Gasteiger charge is -2.24. The van der Waals surface area contributed by atoms with E-state index in [1.807, 2.05) is 13.0 Å². The van der Waals surface area contributed by atoms with E-state index in [1.165, 1.54) is 19.3 Å². The zero-order valence-corrected chi connectivity index (χ0v) is 7.95. The van der Waals surface area contributed by atoms with Crippen LogP contribution in [0, 0.1) is 11.6 Å². The monoisotopic (exact) mass is 180 g/mol. The summed E-state index contributed by atoms with van der Waals surface area (Å²) in [7, 11) is 0. The standard InChI is InChI=1S/C9H12N2S/c1-6-5-8(12)11-9(10-6)7-3-2-4-7/h5,7H,2-4H2,1H3,(H,10,11,12). The van der Waals surface area contributed by atoms with Crippen molar-refractivity contribution < 1.29 is 0 Å². The molecule has 0 bridgehead atoms. The number of H-pyrrole nitrogens is 1. The predicted molar refractivity (Wildman–Crippen MR) is 50.8 cm³/mol. The fraction of sp³-hybridized carbons (Fsp3) is 0.556. The van der Waals surface area contributed by atoms with Crippen molar-refractivity contribution in [3.05, 3.63) is 22.2 Å². The van der Waals surface area contributed by atoms with Crippen LogP contribution in [0.15, 0.2) is 6.07 Å². The van der Waals surface area contributed by atoms with Crippen molar-refractivity contribution in [2.24, 2.45) is 0 Å².